The first kappa shape index (κ1) is 20.0. The Kier molecular flexibility index (Phi) is 4.17. The van der Waals surface area contributed by atoms with Gasteiger partial charge in [-0.25, -0.2) is 0 Å². The number of alkyl halides is 3. The van der Waals surface area contributed by atoms with Crippen molar-refractivity contribution in [1.29, 1.82) is 0 Å². The highest BCUT2D eigenvalue weighted by Crippen LogP contribution is 2.45. The van der Waals surface area contributed by atoms with Crippen LogP contribution in [0.3, 0.4) is 0 Å². The summed E-state index contributed by atoms with van der Waals surface area (Å²) in [6, 6.07) is 11.1. The monoisotopic (exact) mass is 457 g/mol. The third kappa shape index (κ3) is 3.12. The lowest BCUT2D eigenvalue weighted by Crippen LogP contribution is -2.64. The maximum absolute atomic E-state index is 13.2. The molecule has 0 unspecified atom stereocenters. The van der Waals surface area contributed by atoms with Gasteiger partial charge in [-0.3, -0.25) is 9.59 Å². The van der Waals surface area contributed by atoms with Gasteiger partial charge in [0, 0.05) is 23.0 Å². The van der Waals surface area contributed by atoms with E-state index in [-0.39, 0.29) is 13.2 Å². The lowest BCUT2D eigenvalue weighted by molar-refractivity contribution is -0.176. The number of carbonyl (C=O) groups excluding carboxylic acids is 2. The van der Waals surface area contributed by atoms with Crippen molar-refractivity contribution in [3.63, 3.8) is 0 Å². The van der Waals surface area contributed by atoms with E-state index in [9.17, 15) is 22.8 Å². The van der Waals surface area contributed by atoms with Crippen LogP contribution >= 0.6 is 0 Å². The Hall–Kier alpha value is -3.69. The maximum Gasteiger partial charge on any atom is 0.406 e. The highest BCUT2D eigenvalue weighted by molar-refractivity contribution is 5.97. The maximum atomic E-state index is 13.2. The Morgan fingerprint density at radius 2 is 1.85 bits per heavy atom. The highest BCUT2D eigenvalue weighted by Gasteiger charge is 2.50. The van der Waals surface area contributed by atoms with E-state index in [1.807, 2.05) is 24.3 Å². The van der Waals surface area contributed by atoms with Gasteiger partial charge in [0.2, 0.25) is 18.6 Å². The van der Waals surface area contributed by atoms with Crippen LogP contribution in [0.25, 0.3) is 10.9 Å². The topological polar surface area (TPSA) is 74.9 Å². The molecule has 1 aromatic heterocycles. The predicted octanol–water partition coefficient (Wildman–Crippen LogP) is 3.14. The molecule has 7 nitrogen and oxygen atoms in total. The van der Waals surface area contributed by atoms with Gasteiger partial charge in [0.15, 0.2) is 11.5 Å². The van der Waals surface area contributed by atoms with Crippen LogP contribution in [0.2, 0.25) is 0 Å². The van der Waals surface area contributed by atoms with Crippen molar-refractivity contribution in [3.05, 3.63) is 59.3 Å². The van der Waals surface area contributed by atoms with E-state index in [0.29, 0.717) is 22.0 Å². The zero-order valence-corrected chi connectivity index (χ0v) is 17.2. The number of hydrogen-bond acceptors (Lipinski definition) is 4. The number of nitrogens with one attached hydrogen (secondary N) is 1. The number of rotatable bonds is 2. The average Bonchev–Trinajstić information content (AvgIpc) is 3.38. The molecule has 2 aromatic carbocycles. The number of H-pyrrole nitrogens is 1. The number of amides is 2. The fourth-order valence-corrected chi connectivity index (χ4v) is 5.10. The quantitative estimate of drug-likeness (QED) is 0.642. The smallest absolute Gasteiger partial charge is 0.406 e. The molecule has 3 aliphatic heterocycles. The average molecular weight is 457 g/mol. The molecule has 0 spiro atoms. The number of aromatic amines is 1. The predicted molar refractivity (Wildman–Crippen MR) is 110 cm³/mol. The van der Waals surface area contributed by atoms with Crippen LogP contribution in [0.5, 0.6) is 11.5 Å². The molecule has 6 rings (SSSR count). The molecule has 1 fully saturated rings. The standard InChI is InChI=1S/C23H18F3N3O4/c24-23(25,26)10-28-9-19(30)29-16(22(28)31)8-14-13-3-1-2-4-15(13)27-20(14)21(29)12-5-6-17-18(7-12)33-11-32-17/h1-7,16,21,27H,8-11H2/t16-,21+/m1/s1. The molecule has 4 heterocycles. The van der Waals surface area contributed by atoms with Gasteiger partial charge in [0.25, 0.3) is 0 Å². The molecular formula is C23H18F3N3O4. The number of aromatic nitrogens is 1. The van der Waals surface area contributed by atoms with Gasteiger partial charge in [-0.05, 0) is 29.3 Å². The molecule has 1 N–H and O–H groups in total. The van der Waals surface area contributed by atoms with Crippen molar-refractivity contribution in [2.24, 2.45) is 0 Å². The molecule has 10 heteroatoms. The van der Waals surface area contributed by atoms with Crippen molar-refractivity contribution in [2.75, 3.05) is 19.9 Å². The zero-order valence-electron chi connectivity index (χ0n) is 17.2. The van der Waals surface area contributed by atoms with E-state index in [2.05, 4.69) is 4.98 Å². The van der Waals surface area contributed by atoms with Crippen LogP contribution in [0.4, 0.5) is 13.2 Å². The fourth-order valence-electron chi connectivity index (χ4n) is 5.10. The third-order valence-electron chi connectivity index (χ3n) is 6.42. The normalized spacial score (nSPS) is 22.0. The summed E-state index contributed by atoms with van der Waals surface area (Å²) >= 11 is 0. The molecule has 0 bridgehead atoms. The number of benzene rings is 2. The van der Waals surface area contributed by atoms with Crippen LogP contribution in [0, 0.1) is 0 Å². The van der Waals surface area contributed by atoms with Gasteiger partial charge < -0.3 is 24.3 Å². The van der Waals surface area contributed by atoms with Crippen LogP contribution in [-0.4, -0.2) is 58.7 Å². The van der Waals surface area contributed by atoms with Crippen molar-refractivity contribution in [3.8, 4) is 11.5 Å². The highest BCUT2D eigenvalue weighted by atomic mass is 19.4. The van der Waals surface area contributed by atoms with Gasteiger partial charge in [-0.15, -0.1) is 0 Å². The zero-order chi connectivity index (χ0) is 22.9. The van der Waals surface area contributed by atoms with Crippen LogP contribution in [-0.2, 0) is 16.0 Å². The van der Waals surface area contributed by atoms with Crippen molar-refractivity contribution < 1.29 is 32.2 Å². The number of halogens is 3. The van der Waals surface area contributed by atoms with Gasteiger partial charge in [0.05, 0.1) is 6.04 Å². The molecule has 2 atom stereocenters. The molecule has 0 saturated carbocycles. The summed E-state index contributed by atoms with van der Waals surface area (Å²) in [5.74, 6) is -0.147. The minimum Gasteiger partial charge on any atom is -0.454 e. The van der Waals surface area contributed by atoms with Gasteiger partial charge in [-0.1, -0.05) is 24.3 Å². The minimum atomic E-state index is -4.59. The first-order valence-corrected chi connectivity index (χ1v) is 10.5. The number of piperazine rings is 1. The number of nitrogens with zero attached hydrogens (tertiary/aromatic N) is 2. The first-order valence-electron chi connectivity index (χ1n) is 10.5. The van der Waals surface area contributed by atoms with Crippen LogP contribution < -0.4 is 9.47 Å². The van der Waals surface area contributed by atoms with E-state index in [1.54, 1.807) is 18.2 Å². The first-order chi connectivity index (χ1) is 15.8. The number of carbonyl (C=O) groups is 2. The Morgan fingerprint density at radius 1 is 1.06 bits per heavy atom. The summed E-state index contributed by atoms with van der Waals surface area (Å²) in [5.41, 5.74) is 3.09. The Labute approximate surface area is 185 Å². The molecular weight excluding hydrogens is 439 g/mol. The lowest BCUT2D eigenvalue weighted by atomic mass is 9.86. The molecule has 3 aliphatic rings. The molecule has 2 amide bonds. The van der Waals surface area contributed by atoms with E-state index in [4.69, 9.17) is 9.47 Å². The molecule has 0 aliphatic carbocycles. The summed E-state index contributed by atoms with van der Waals surface area (Å²) < 4.78 is 50.1. The van der Waals surface area contributed by atoms with E-state index >= 15 is 0 Å². The molecule has 170 valence electrons. The second kappa shape index (κ2) is 6.90. The van der Waals surface area contributed by atoms with E-state index in [1.165, 1.54) is 4.90 Å². The molecule has 33 heavy (non-hydrogen) atoms. The fraction of sp³-hybridized carbons (Fsp3) is 0.304. The van der Waals surface area contributed by atoms with Crippen LogP contribution in [0.15, 0.2) is 42.5 Å². The van der Waals surface area contributed by atoms with Crippen molar-refractivity contribution in [1.82, 2.24) is 14.8 Å². The van der Waals surface area contributed by atoms with E-state index in [0.717, 1.165) is 22.2 Å². The summed E-state index contributed by atoms with van der Waals surface area (Å²) in [5, 5.41) is 0.881. The van der Waals surface area contributed by atoms with Gasteiger partial charge in [0.1, 0.15) is 19.1 Å². The van der Waals surface area contributed by atoms with Crippen LogP contribution in [0.1, 0.15) is 22.9 Å². The number of fused-ring (bicyclic) bond motifs is 5. The van der Waals surface area contributed by atoms with Crippen molar-refractivity contribution >= 4 is 22.7 Å². The Balaban J connectivity index is 1.51. The summed E-state index contributed by atoms with van der Waals surface area (Å²) in [6.45, 7) is -1.99. The molecule has 3 aromatic rings. The Bertz CT molecular complexity index is 1300. The number of ether oxygens (including phenoxy) is 2. The summed E-state index contributed by atoms with van der Waals surface area (Å²) in [4.78, 5) is 31.8. The lowest BCUT2D eigenvalue weighted by Gasteiger charge is -2.47. The largest absolute Gasteiger partial charge is 0.454 e. The third-order valence-corrected chi connectivity index (χ3v) is 6.42. The number of hydrogen-bond donors (Lipinski definition) is 1. The van der Waals surface area contributed by atoms with Gasteiger partial charge in [-0.2, -0.15) is 13.2 Å². The second-order valence-electron chi connectivity index (χ2n) is 8.41. The number of para-hydroxylation sites is 1. The van der Waals surface area contributed by atoms with Crippen molar-refractivity contribution in [2.45, 2.75) is 24.7 Å². The minimum absolute atomic E-state index is 0.0806. The van der Waals surface area contributed by atoms with E-state index < -0.39 is 43.2 Å². The SMILES string of the molecule is O=C1[C@H]2Cc3c([nH]c4ccccc34)[C@H](c3ccc4c(c3)OCO4)N2C(=O)CN1CC(F)(F)F. The molecule has 1 saturated heterocycles. The summed E-state index contributed by atoms with van der Waals surface area (Å²) in [7, 11) is 0. The van der Waals surface area contributed by atoms with Gasteiger partial charge >= 0.3 is 6.18 Å². The Morgan fingerprint density at radius 3 is 2.67 bits per heavy atom. The molecule has 0 radical (unpaired) electrons. The second-order valence-corrected chi connectivity index (χ2v) is 8.41. The summed E-state index contributed by atoms with van der Waals surface area (Å²) in [6.07, 6.45) is -4.45.